The van der Waals surface area contributed by atoms with Crippen molar-refractivity contribution in [1.29, 1.82) is 0 Å². The first-order chi connectivity index (χ1) is 9.58. The molecule has 0 aliphatic carbocycles. The second kappa shape index (κ2) is 6.56. The molecule has 0 aliphatic rings. The Kier molecular flexibility index (Phi) is 5.29. The van der Waals surface area contributed by atoms with E-state index in [1.54, 1.807) is 39.8 Å². The third kappa shape index (κ3) is 5.81. The SMILES string of the molecule is Cc1ccc(F)c(CC(NC(=O)OC(C)(C)C)C(=O)O)c1. The molecule has 0 fully saturated rings. The number of carbonyl (C=O) groups excluding carboxylic acids is 1. The molecule has 0 saturated carbocycles. The summed E-state index contributed by atoms with van der Waals surface area (Å²) in [6.07, 6.45) is -0.995. The summed E-state index contributed by atoms with van der Waals surface area (Å²) in [7, 11) is 0. The molecule has 1 rings (SSSR count). The number of alkyl carbamates (subject to hydrolysis) is 1. The van der Waals surface area contributed by atoms with Gasteiger partial charge in [0.25, 0.3) is 0 Å². The lowest BCUT2D eigenvalue weighted by Gasteiger charge is -2.22. The molecule has 0 spiro atoms. The van der Waals surface area contributed by atoms with E-state index in [0.717, 1.165) is 5.56 Å². The Balaban J connectivity index is 2.81. The van der Waals surface area contributed by atoms with Gasteiger partial charge in [0.2, 0.25) is 0 Å². The Morgan fingerprint density at radius 2 is 2.00 bits per heavy atom. The largest absolute Gasteiger partial charge is 0.480 e. The van der Waals surface area contributed by atoms with Gasteiger partial charge in [-0.25, -0.2) is 14.0 Å². The van der Waals surface area contributed by atoms with Gasteiger partial charge in [0, 0.05) is 6.42 Å². The summed E-state index contributed by atoms with van der Waals surface area (Å²) in [6.45, 7) is 6.79. The maximum atomic E-state index is 13.7. The first kappa shape index (κ1) is 16.9. The van der Waals surface area contributed by atoms with E-state index >= 15 is 0 Å². The Morgan fingerprint density at radius 3 is 2.52 bits per heavy atom. The van der Waals surface area contributed by atoms with Gasteiger partial charge in [0.05, 0.1) is 0 Å². The third-order valence-corrected chi connectivity index (χ3v) is 2.61. The summed E-state index contributed by atoms with van der Waals surface area (Å²) in [5.41, 5.74) is 0.313. The minimum absolute atomic E-state index is 0.151. The Morgan fingerprint density at radius 1 is 1.38 bits per heavy atom. The van der Waals surface area contributed by atoms with Crippen molar-refractivity contribution in [3.05, 3.63) is 35.1 Å². The molecule has 5 nitrogen and oxygen atoms in total. The fourth-order valence-corrected chi connectivity index (χ4v) is 1.73. The van der Waals surface area contributed by atoms with Gasteiger partial charge in [-0.2, -0.15) is 0 Å². The van der Waals surface area contributed by atoms with Crippen LogP contribution < -0.4 is 5.32 Å². The molecule has 1 aromatic rings. The summed E-state index contributed by atoms with van der Waals surface area (Å²) in [5, 5.41) is 11.4. The molecule has 1 amide bonds. The molecule has 1 unspecified atom stereocenters. The number of aliphatic carboxylic acids is 1. The number of rotatable bonds is 4. The number of ether oxygens (including phenoxy) is 1. The molecule has 0 aliphatic heterocycles. The molecule has 0 bridgehead atoms. The van der Waals surface area contributed by atoms with E-state index in [1.165, 1.54) is 6.07 Å². The van der Waals surface area contributed by atoms with E-state index in [2.05, 4.69) is 5.32 Å². The van der Waals surface area contributed by atoms with Crippen molar-refractivity contribution >= 4 is 12.1 Å². The standard InChI is InChI=1S/C15H20FNO4/c1-9-5-6-11(16)10(7-9)8-12(13(18)19)17-14(20)21-15(2,3)4/h5-7,12H,8H2,1-4H3,(H,17,20)(H,18,19). The number of halogens is 1. The Bertz CT molecular complexity index is 537. The van der Waals surface area contributed by atoms with Crippen LogP contribution in [0.4, 0.5) is 9.18 Å². The highest BCUT2D eigenvalue weighted by Crippen LogP contribution is 2.13. The van der Waals surface area contributed by atoms with Crippen molar-refractivity contribution in [2.75, 3.05) is 0 Å². The van der Waals surface area contributed by atoms with E-state index in [0.29, 0.717) is 0 Å². The van der Waals surface area contributed by atoms with E-state index in [-0.39, 0.29) is 12.0 Å². The smallest absolute Gasteiger partial charge is 0.408 e. The zero-order valence-corrected chi connectivity index (χ0v) is 12.6. The lowest BCUT2D eigenvalue weighted by Crippen LogP contribution is -2.44. The van der Waals surface area contributed by atoms with Crippen LogP contribution in [-0.4, -0.2) is 28.8 Å². The number of carbonyl (C=O) groups is 2. The molecular formula is C15H20FNO4. The summed E-state index contributed by atoms with van der Waals surface area (Å²) in [5.74, 6) is -1.75. The minimum Gasteiger partial charge on any atom is -0.480 e. The van der Waals surface area contributed by atoms with Gasteiger partial charge < -0.3 is 15.2 Å². The number of hydrogen-bond acceptors (Lipinski definition) is 3. The van der Waals surface area contributed by atoms with Crippen LogP contribution in [0.1, 0.15) is 31.9 Å². The number of benzene rings is 1. The van der Waals surface area contributed by atoms with Crippen LogP contribution in [0, 0.1) is 12.7 Å². The Labute approximate surface area is 123 Å². The van der Waals surface area contributed by atoms with E-state index in [4.69, 9.17) is 9.84 Å². The predicted octanol–water partition coefficient (Wildman–Crippen LogP) is 2.65. The highest BCUT2D eigenvalue weighted by molar-refractivity contribution is 5.80. The van der Waals surface area contributed by atoms with Gasteiger partial charge >= 0.3 is 12.1 Å². The third-order valence-electron chi connectivity index (χ3n) is 2.61. The van der Waals surface area contributed by atoms with E-state index in [9.17, 15) is 14.0 Å². The molecule has 0 radical (unpaired) electrons. The van der Waals surface area contributed by atoms with Crippen LogP contribution in [0.5, 0.6) is 0 Å². The lowest BCUT2D eigenvalue weighted by atomic mass is 10.0. The molecule has 6 heteroatoms. The fraction of sp³-hybridized carbons (Fsp3) is 0.467. The van der Waals surface area contributed by atoms with Crippen LogP contribution in [0.3, 0.4) is 0 Å². The van der Waals surface area contributed by atoms with Crippen molar-refractivity contribution in [2.45, 2.75) is 45.8 Å². The summed E-state index contributed by atoms with van der Waals surface area (Å²) >= 11 is 0. The van der Waals surface area contributed by atoms with Gasteiger partial charge in [0.15, 0.2) is 0 Å². The normalized spacial score (nSPS) is 12.6. The van der Waals surface area contributed by atoms with Crippen molar-refractivity contribution < 1.29 is 23.8 Å². The van der Waals surface area contributed by atoms with Gasteiger partial charge in [-0.1, -0.05) is 17.7 Å². The highest BCUT2D eigenvalue weighted by Gasteiger charge is 2.25. The average Bonchev–Trinajstić information content (AvgIpc) is 2.30. The number of aryl methyl sites for hydroxylation is 1. The van der Waals surface area contributed by atoms with Crippen LogP contribution in [-0.2, 0) is 16.0 Å². The van der Waals surface area contributed by atoms with Crippen LogP contribution in [0.15, 0.2) is 18.2 Å². The van der Waals surface area contributed by atoms with Gasteiger partial charge in [-0.3, -0.25) is 0 Å². The first-order valence-electron chi connectivity index (χ1n) is 6.56. The van der Waals surface area contributed by atoms with E-state index in [1.807, 2.05) is 0 Å². The zero-order chi connectivity index (χ0) is 16.2. The molecule has 0 saturated heterocycles. The Hall–Kier alpha value is -2.11. The molecular weight excluding hydrogens is 277 g/mol. The fourth-order valence-electron chi connectivity index (χ4n) is 1.73. The quantitative estimate of drug-likeness (QED) is 0.896. The molecule has 0 heterocycles. The number of carboxylic acids is 1. The van der Waals surface area contributed by atoms with Crippen LogP contribution >= 0.6 is 0 Å². The molecule has 0 aromatic heterocycles. The van der Waals surface area contributed by atoms with Gasteiger partial charge in [-0.05, 0) is 39.3 Å². The topological polar surface area (TPSA) is 75.6 Å². The summed E-state index contributed by atoms with van der Waals surface area (Å²) in [6, 6.07) is 3.17. The number of carboxylic acid groups (broad SMARTS) is 1. The van der Waals surface area contributed by atoms with E-state index < -0.39 is 29.5 Å². The van der Waals surface area contributed by atoms with Crippen molar-refractivity contribution in [1.82, 2.24) is 5.32 Å². The average molecular weight is 297 g/mol. The molecule has 1 atom stereocenters. The van der Waals surface area contributed by atoms with Crippen molar-refractivity contribution in [3.8, 4) is 0 Å². The van der Waals surface area contributed by atoms with Crippen molar-refractivity contribution in [2.24, 2.45) is 0 Å². The summed E-state index contributed by atoms with van der Waals surface area (Å²) < 4.78 is 18.7. The zero-order valence-electron chi connectivity index (χ0n) is 12.6. The first-order valence-corrected chi connectivity index (χ1v) is 6.56. The maximum absolute atomic E-state index is 13.7. The monoisotopic (exact) mass is 297 g/mol. The number of nitrogens with one attached hydrogen (secondary N) is 1. The molecule has 2 N–H and O–H groups in total. The molecule has 116 valence electrons. The second-order valence-corrected chi connectivity index (χ2v) is 5.84. The highest BCUT2D eigenvalue weighted by atomic mass is 19.1. The summed E-state index contributed by atoms with van der Waals surface area (Å²) in [4.78, 5) is 22.8. The number of hydrogen-bond donors (Lipinski definition) is 2. The molecule has 1 aromatic carbocycles. The minimum atomic E-state index is -1.25. The van der Waals surface area contributed by atoms with Gasteiger partial charge in [-0.15, -0.1) is 0 Å². The predicted molar refractivity (Wildman–Crippen MR) is 75.6 cm³/mol. The molecule has 21 heavy (non-hydrogen) atoms. The second-order valence-electron chi connectivity index (χ2n) is 5.84. The van der Waals surface area contributed by atoms with Crippen LogP contribution in [0.25, 0.3) is 0 Å². The van der Waals surface area contributed by atoms with Gasteiger partial charge in [0.1, 0.15) is 17.5 Å². The van der Waals surface area contributed by atoms with Crippen LogP contribution in [0.2, 0.25) is 0 Å². The lowest BCUT2D eigenvalue weighted by molar-refractivity contribution is -0.139. The number of amides is 1. The maximum Gasteiger partial charge on any atom is 0.408 e. The van der Waals surface area contributed by atoms with Crippen molar-refractivity contribution in [3.63, 3.8) is 0 Å².